The molecule has 5 nitrogen and oxygen atoms in total. The second kappa shape index (κ2) is 9.79. The van der Waals surface area contributed by atoms with Gasteiger partial charge in [0.1, 0.15) is 17.5 Å². The average Bonchev–Trinajstić information content (AvgIpc) is 2.70. The maximum atomic E-state index is 13.3. The van der Waals surface area contributed by atoms with Crippen LogP contribution < -0.4 is 10.1 Å². The molecule has 1 aliphatic heterocycles. The monoisotopic (exact) mass is 408 g/mol. The maximum Gasteiger partial charge on any atom is 0.254 e. The smallest absolute Gasteiger partial charge is 0.254 e. The SMILES string of the molecule is CC(C)C[C@H]1CN(C(=O)c2ccc(Oc3ccccc3)cc2)[C@@H](CC(C)C)C(=O)N1. The summed E-state index contributed by atoms with van der Waals surface area (Å²) in [5.74, 6) is 2.04. The number of hydrogen-bond acceptors (Lipinski definition) is 3. The van der Waals surface area contributed by atoms with Crippen molar-refractivity contribution in [1.82, 2.24) is 10.2 Å². The van der Waals surface area contributed by atoms with Gasteiger partial charge in [-0.15, -0.1) is 0 Å². The number of nitrogens with one attached hydrogen (secondary N) is 1. The molecule has 0 aromatic heterocycles. The van der Waals surface area contributed by atoms with E-state index in [0.717, 1.165) is 12.2 Å². The second-order valence-electron chi connectivity index (χ2n) is 8.88. The van der Waals surface area contributed by atoms with Gasteiger partial charge in [-0.2, -0.15) is 0 Å². The molecule has 1 fully saturated rings. The van der Waals surface area contributed by atoms with Gasteiger partial charge in [0.25, 0.3) is 5.91 Å². The van der Waals surface area contributed by atoms with Crippen LogP contribution in [0.4, 0.5) is 0 Å². The van der Waals surface area contributed by atoms with E-state index in [9.17, 15) is 9.59 Å². The zero-order chi connectivity index (χ0) is 21.7. The lowest BCUT2D eigenvalue weighted by Gasteiger charge is -2.40. The quantitative estimate of drug-likeness (QED) is 0.710. The Morgan fingerprint density at radius 2 is 1.57 bits per heavy atom. The first kappa shape index (κ1) is 21.9. The summed E-state index contributed by atoms with van der Waals surface area (Å²) in [6, 6.07) is 16.2. The number of carbonyl (C=O) groups excluding carboxylic acids is 2. The summed E-state index contributed by atoms with van der Waals surface area (Å²) in [6.45, 7) is 8.95. The van der Waals surface area contributed by atoms with E-state index >= 15 is 0 Å². The summed E-state index contributed by atoms with van der Waals surface area (Å²) in [7, 11) is 0. The number of piperazine rings is 1. The van der Waals surface area contributed by atoms with E-state index in [1.54, 1.807) is 29.2 Å². The Morgan fingerprint density at radius 3 is 2.17 bits per heavy atom. The molecule has 0 saturated carbocycles. The highest BCUT2D eigenvalue weighted by Crippen LogP contribution is 2.24. The molecular formula is C25H32N2O3. The van der Waals surface area contributed by atoms with Gasteiger partial charge in [-0.1, -0.05) is 45.9 Å². The molecular weight excluding hydrogens is 376 g/mol. The predicted molar refractivity (Wildman–Crippen MR) is 119 cm³/mol. The number of ether oxygens (including phenoxy) is 1. The number of carbonyl (C=O) groups is 2. The van der Waals surface area contributed by atoms with Gasteiger partial charge < -0.3 is 15.0 Å². The van der Waals surface area contributed by atoms with E-state index < -0.39 is 6.04 Å². The molecule has 2 amide bonds. The maximum absolute atomic E-state index is 13.3. The highest BCUT2D eigenvalue weighted by atomic mass is 16.5. The molecule has 1 N–H and O–H groups in total. The van der Waals surface area contributed by atoms with Crippen molar-refractivity contribution in [2.45, 2.75) is 52.6 Å². The minimum Gasteiger partial charge on any atom is -0.457 e. The molecule has 3 rings (SSSR count). The van der Waals surface area contributed by atoms with E-state index in [1.165, 1.54) is 0 Å². The Balaban J connectivity index is 1.77. The van der Waals surface area contributed by atoms with Crippen LogP contribution >= 0.6 is 0 Å². The summed E-state index contributed by atoms with van der Waals surface area (Å²) >= 11 is 0. The van der Waals surface area contributed by atoms with E-state index in [1.807, 2.05) is 30.3 Å². The molecule has 0 unspecified atom stereocenters. The molecule has 0 bridgehead atoms. The van der Waals surface area contributed by atoms with E-state index in [0.29, 0.717) is 36.1 Å². The molecule has 1 heterocycles. The van der Waals surface area contributed by atoms with Crippen LogP contribution in [0.3, 0.4) is 0 Å². The van der Waals surface area contributed by atoms with Crippen LogP contribution in [-0.4, -0.2) is 35.3 Å². The molecule has 2 aromatic carbocycles. The zero-order valence-corrected chi connectivity index (χ0v) is 18.3. The number of hydrogen-bond donors (Lipinski definition) is 1. The standard InChI is InChI=1S/C25H32N2O3/c1-17(2)14-20-16-27(23(15-18(3)4)24(28)26-20)25(29)19-10-12-22(13-11-19)30-21-8-6-5-7-9-21/h5-13,17-18,20,23H,14-16H2,1-4H3,(H,26,28)/t20-,23-/m0/s1. The lowest BCUT2D eigenvalue weighted by molar-refractivity contribution is -0.130. The van der Waals surface area contributed by atoms with Crippen LogP contribution in [-0.2, 0) is 4.79 Å². The first-order chi connectivity index (χ1) is 14.3. The van der Waals surface area contributed by atoms with Crippen LogP contribution in [0.5, 0.6) is 11.5 Å². The Bertz CT molecular complexity index is 846. The number of nitrogens with zero attached hydrogens (tertiary/aromatic N) is 1. The van der Waals surface area contributed by atoms with Crippen LogP contribution in [0.1, 0.15) is 50.9 Å². The van der Waals surface area contributed by atoms with Crippen molar-refractivity contribution in [2.24, 2.45) is 11.8 Å². The molecule has 1 saturated heterocycles. The largest absolute Gasteiger partial charge is 0.457 e. The van der Waals surface area contributed by atoms with Gasteiger partial charge in [0.2, 0.25) is 5.91 Å². The summed E-state index contributed by atoms with van der Waals surface area (Å²) in [6.07, 6.45) is 1.51. The molecule has 0 radical (unpaired) electrons. The van der Waals surface area contributed by atoms with E-state index in [2.05, 4.69) is 33.0 Å². The fourth-order valence-corrected chi connectivity index (χ4v) is 3.91. The predicted octanol–water partition coefficient (Wildman–Crippen LogP) is 4.88. The Morgan fingerprint density at radius 1 is 0.967 bits per heavy atom. The average molecular weight is 409 g/mol. The number of rotatable bonds is 7. The van der Waals surface area contributed by atoms with Crippen LogP contribution in [0.2, 0.25) is 0 Å². The van der Waals surface area contributed by atoms with Crippen LogP contribution in [0.25, 0.3) is 0 Å². The molecule has 2 atom stereocenters. The fourth-order valence-electron chi connectivity index (χ4n) is 3.91. The number of amides is 2. The first-order valence-electron chi connectivity index (χ1n) is 10.8. The Labute approximate surface area is 179 Å². The highest BCUT2D eigenvalue weighted by Gasteiger charge is 2.37. The number of benzene rings is 2. The van der Waals surface area contributed by atoms with Gasteiger partial charge in [0.15, 0.2) is 0 Å². The van der Waals surface area contributed by atoms with Crippen LogP contribution in [0.15, 0.2) is 54.6 Å². The van der Waals surface area contributed by atoms with E-state index in [-0.39, 0.29) is 17.9 Å². The molecule has 2 aromatic rings. The minimum atomic E-state index is -0.429. The van der Waals surface area contributed by atoms with Gasteiger partial charge in [0, 0.05) is 18.2 Å². The number of para-hydroxylation sites is 1. The lowest BCUT2D eigenvalue weighted by atomic mass is 9.94. The van der Waals surface area contributed by atoms with Crippen molar-refractivity contribution < 1.29 is 14.3 Å². The molecule has 30 heavy (non-hydrogen) atoms. The molecule has 1 aliphatic rings. The van der Waals surface area contributed by atoms with E-state index in [4.69, 9.17) is 4.74 Å². The van der Waals surface area contributed by atoms with Crippen molar-refractivity contribution in [1.29, 1.82) is 0 Å². The highest BCUT2D eigenvalue weighted by molar-refractivity contribution is 5.98. The lowest BCUT2D eigenvalue weighted by Crippen LogP contribution is -2.62. The first-order valence-corrected chi connectivity index (χ1v) is 10.8. The third kappa shape index (κ3) is 5.62. The summed E-state index contributed by atoms with van der Waals surface area (Å²) in [5, 5.41) is 3.12. The van der Waals surface area contributed by atoms with Gasteiger partial charge in [0.05, 0.1) is 0 Å². The van der Waals surface area contributed by atoms with Crippen molar-refractivity contribution in [3.63, 3.8) is 0 Å². The third-order valence-electron chi connectivity index (χ3n) is 5.23. The van der Waals surface area contributed by atoms with Crippen molar-refractivity contribution in [3.05, 3.63) is 60.2 Å². The van der Waals surface area contributed by atoms with Gasteiger partial charge >= 0.3 is 0 Å². The molecule has 160 valence electrons. The fraction of sp³-hybridized carbons (Fsp3) is 0.440. The Hall–Kier alpha value is -2.82. The summed E-state index contributed by atoms with van der Waals surface area (Å²) < 4.78 is 5.82. The zero-order valence-electron chi connectivity index (χ0n) is 18.3. The molecule has 0 spiro atoms. The van der Waals surface area contributed by atoms with Crippen LogP contribution in [0, 0.1) is 11.8 Å². The minimum absolute atomic E-state index is 0.00875. The van der Waals surface area contributed by atoms with Crippen molar-refractivity contribution in [2.75, 3.05) is 6.54 Å². The van der Waals surface area contributed by atoms with Gasteiger partial charge in [-0.25, -0.2) is 0 Å². The van der Waals surface area contributed by atoms with Crippen molar-refractivity contribution in [3.8, 4) is 11.5 Å². The topological polar surface area (TPSA) is 58.6 Å². The van der Waals surface area contributed by atoms with Crippen molar-refractivity contribution >= 4 is 11.8 Å². The third-order valence-corrected chi connectivity index (χ3v) is 5.23. The van der Waals surface area contributed by atoms with Gasteiger partial charge in [-0.05, 0) is 61.1 Å². The normalized spacial score (nSPS) is 19.1. The summed E-state index contributed by atoms with van der Waals surface area (Å²) in [5.41, 5.74) is 0.571. The second-order valence-corrected chi connectivity index (χ2v) is 8.88. The Kier molecular flexibility index (Phi) is 7.14. The molecule has 0 aliphatic carbocycles. The van der Waals surface area contributed by atoms with Gasteiger partial charge in [-0.3, -0.25) is 9.59 Å². The summed E-state index contributed by atoms with van der Waals surface area (Å²) in [4.78, 5) is 27.9. The molecule has 5 heteroatoms.